The molecular weight excluding hydrogens is 236 g/mol. The molecule has 0 fully saturated rings. The summed E-state index contributed by atoms with van der Waals surface area (Å²) in [5, 5.41) is 0. The Hall–Kier alpha value is -1.51. The standard InChI is InChI=1S/C16H24N2O/c1-4-10-17(11-5-2)16(19)18-13(3)12-14-8-6-7-9-15(14)18/h6-9,13H,4-5,10-12H2,1-3H3. The second-order valence-electron chi connectivity index (χ2n) is 5.32. The number of carbonyl (C=O) groups excluding carboxylic acids is 1. The minimum absolute atomic E-state index is 0.168. The van der Waals surface area contributed by atoms with E-state index in [0.717, 1.165) is 38.0 Å². The second kappa shape index (κ2) is 6.09. The van der Waals surface area contributed by atoms with E-state index >= 15 is 0 Å². The van der Waals surface area contributed by atoms with E-state index in [2.05, 4.69) is 39.0 Å². The molecular formula is C16H24N2O. The minimum atomic E-state index is 0.168. The second-order valence-corrected chi connectivity index (χ2v) is 5.32. The van der Waals surface area contributed by atoms with E-state index in [4.69, 9.17) is 0 Å². The molecule has 0 N–H and O–H groups in total. The molecule has 0 bridgehead atoms. The average Bonchev–Trinajstić information content (AvgIpc) is 2.73. The van der Waals surface area contributed by atoms with E-state index in [0.29, 0.717) is 0 Å². The number of fused-ring (bicyclic) bond motifs is 1. The smallest absolute Gasteiger partial charge is 0.324 e. The number of carbonyl (C=O) groups is 1. The van der Waals surface area contributed by atoms with Crippen molar-refractivity contribution in [1.82, 2.24) is 4.90 Å². The summed E-state index contributed by atoms with van der Waals surface area (Å²) in [6, 6.07) is 8.69. The van der Waals surface area contributed by atoms with Crippen LogP contribution in [-0.2, 0) is 6.42 Å². The van der Waals surface area contributed by atoms with Gasteiger partial charge in [0.15, 0.2) is 0 Å². The Morgan fingerprint density at radius 2 is 1.89 bits per heavy atom. The van der Waals surface area contributed by atoms with E-state index in [1.54, 1.807) is 0 Å². The van der Waals surface area contributed by atoms with Gasteiger partial charge in [0.05, 0.1) is 0 Å². The van der Waals surface area contributed by atoms with Gasteiger partial charge in [0, 0.05) is 24.8 Å². The van der Waals surface area contributed by atoms with Gasteiger partial charge < -0.3 is 4.90 Å². The summed E-state index contributed by atoms with van der Waals surface area (Å²) in [5.41, 5.74) is 2.38. The van der Waals surface area contributed by atoms with Crippen molar-refractivity contribution < 1.29 is 4.79 Å². The molecule has 1 aliphatic heterocycles. The van der Waals surface area contributed by atoms with Crippen molar-refractivity contribution in [2.24, 2.45) is 0 Å². The van der Waals surface area contributed by atoms with E-state index in [1.165, 1.54) is 5.56 Å². The van der Waals surface area contributed by atoms with Crippen LogP contribution >= 0.6 is 0 Å². The third-order valence-electron chi connectivity index (χ3n) is 3.67. The first kappa shape index (κ1) is 13.9. The first-order valence-electron chi connectivity index (χ1n) is 7.35. The number of benzene rings is 1. The molecule has 3 nitrogen and oxygen atoms in total. The van der Waals surface area contributed by atoms with E-state index in [-0.39, 0.29) is 12.1 Å². The fraction of sp³-hybridized carbons (Fsp3) is 0.562. The fourth-order valence-corrected chi connectivity index (χ4v) is 2.85. The van der Waals surface area contributed by atoms with Crippen LogP contribution in [0, 0.1) is 0 Å². The van der Waals surface area contributed by atoms with Gasteiger partial charge >= 0.3 is 6.03 Å². The summed E-state index contributed by atoms with van der Waals surface area (Å²) in [6.07, 6.45) is 2.99. The molecule has 0 aliphatic carbocycles. The monoisotopic (exact) mass is 260 g/mol. The van der Waals surface area contributed by atoms with Gasteiger partial charge in [0.1, 0.15) is 0 Å². The molecule has 2 rings (SSSR count). The van der Waals surface area contributed by atoms with Crippen molar-refractivity contribution in [3.05, 3.63) is 29.8 Å². The molecule has 1 unspecified atom stereocenters. The van der Waals surface area contributed by atoms with E-state index in [1.807, 2.05) is 15.9 Å². The molecule has 1 aliphatic rings. The highest BCUT2D eigenvalue weighted by molar-refractivity contribution is 5.95. The van der Waals surface area contributed by atoms with Gasteiger partial charge in [-0.2, -0.15) is 0 Å². The number of rotatable bonds is 4. The van der Waals surface area contributed by atoms with Crippen LogP contribution in [0.1, 0.15) is 39.2 Å². The largest absolute Gasteiger partial charge is 0.324 e. The molecule has 1 heterocycles. The Kier molecular flexibility index (Phi) is 4.46. The number of urea groups is 1. The topological polar surface area (TPSA) is 23.6 Å². The SMILES string of the molecule is CCCN(CCC)C(=O)N1c2ccccc2CC1C. The lowest BCUT2D eigenvalue weighted by molar-refractivity contribution is 0.203. The van der Waals surface area contributed by atoms with Crippen LogP contribution in [0.2, 0.25) is 0 Å². The maximum atomic E-state index is 12.8. The van der Waals surface area contributed by atoms with Crippen molar-refractivity contribution in [3.8, 4) is 0 Å². The Balaban J connectivity index is 2.22. The highest BCUT2D eigenvalue weighted by Gasteiger charge is 2.32. The molecule has 104 valence electrons. The van der Waals surface area contributed by atoms with Gasteiger partial charge in [-0.15, -0.1) is 0 Å². The van der Waals surface area contributed by atoms with Crippen molar-refractivity contribution in [2.75, 3.05) is 18.0 Å². The van der Waals surface area contributed by atoms with Crippen molar-refractivity contribution in [1.29, 1.82) is 0 Å². The van der Waals surface area contributed by atoms with Crippen molar-refractivity contribution in [2.45, 2.75) is 46.1 Å². The normalized spacial score (nSPS) is 17.4. The molecule has 0 radical (unpaired) electrons. The van der Waals surface area contributed by atoms with Gasteiger partial charge in [-0.3, -0.25) is 4.90 Å². The molecule has 1 atom stereocenters. The van der Waals surface area contributed by atoms with Crippen LogP contribution in [0.25, 0.3) is 0 Å². The summed E-state index contributed by atoms with van der Waals surface area (Å²) in [6.45, 7) is 8.07. The lowest BCUT2D eigenvalue weighted by Crippen LogP contribution is -2.46. The highest BCUT2D eigenvalue weighted by Crippen LogP contribution is 2.32. The van der Waals surface area contributed by atoms with Crippen molar-refractivity contribution >= 4 is 11.7 Å². The molecule has 1 aromatic carbocycles. The molecule has 0 aromatic heterocycles. The molecule has 2 amide bonds. The number of anilines is 1. The maximum Gasteiger partial charge on any atom is 0.324 e. The summed E-state index contributed by atoms with van der Waals surface area (Å²) in [5.74, 6) is 0. The number of hydrogen-bond donors (Lipinski definition) is 0. The fourth-order valence-electron chi connectivity index (χ4n) is 2.85. The number of amides is 2. The third kappa shape index (κ3) is 2.75. The minimum Gasteiger partial charge on any atom is -0.324 e. The summed E-state index contributed by atoms with van der Waals surface area (Å²) in [7, 11) is 0. The molecule has 19 heavy (non-hydrogen) atoms. The van der Waals surface area contributed by atoms with Gasteiger partial charge in [0.25, 0.3) is 0 Å². The van der Waals surface area contributed by atoms with E-state index in [9.17, 15) is 4.79 Å². The van der Waals surface area contributed by atoms with Gasteiger partial charge in [0.2, 0.25) is 0 Å². The molecule has 3 heteroatoms. The van der Waals surface area contributed by atoms with Gasteiger partial charge in [-0.05, 0) is 37.8 Å². The number of nitrogens with zero attached hydrogens (tertiary/aromatic N) is 2. The average molecular weight is 260 g/mol. The van der Waals surface area contributed by atoms with E-state index < -0.39 is 0 Å². The maximum absolute atomic E-state index is 12.8. The summed E-state index contributed by atoms with van der Waals surface area (Å²) in [4.78, 5) is 16.7. The summed E-state index contributed by atoms with van der Waals surface area (Å²) >= 11 is 0. The molecule has 0 saturated carbocycles. The zero-order valence-electron chi connectivity index (χ0n) is 12.2. The van der Waals surface area contributed by atoms with Crippen LogP contribution in [0.3, 0.4) is 0 Å². The predicted octanol–water partition coefficient (Wildman–Crippen LogP) is 3.68. The zero-order valence-corrected chi connectivity index (χ0v) is 12.2. The Bertz CT molecular complexity index is 438. The Morgan fingerprint density at radius 1 is 1.26 bits per heavy atom. The highest BCUT2D eigenvalue weighted by atomic mass is 16.2. The summed E-state index contributed by atoms with van der Waals surface area (Å²) < 4.78 is 0. The lowest BCUT2D eigenvalue weighted by Gasteiger charge is -2.30. The van der Waals surface area contributed by atoms with Crippen molar-refractivity contribution in [3.63, 3.8) is 0 Å². The molecule has 0 saturated heterocycles. The van der Waals surface area contributed by atoms with Crippen LogP contribution in [0.4, 0.5) is 10.5 Å². The molecule has 0 spiro atoms. The quantitative estimate of drug-likeness (QED) is 0.810. The zero-order chi connectivity index (χ0) is 13.8. The number of hydrogen-bond acceptors (Lipinski definition) is 1. The number of para-hydroxylation sites is 1. The van der Waals surface area contributed by atoms with Gasteiger partial charge in [-0.25, -0.2) is 4.79 Å². The van der Waals surface area contributed by atoms with Crippen LogP contribution < -0.4 is 4.90 Å². The van der Waals surface area contributed by atoms with Gasteiger partial charge in [-0.1, -0.05) is 32.0 Å². The molecule has 1 aromatic rings. The first-order valence-corrected chi connectivity index (χ1v) is 7.35. The van der Waals surface area contributed by atoms with Crippen LogP contribution in [0.5, 0.6) is 0 Å². The Labute approximate surface area is 116 Å². The lowest BCUT2D eigenvalue weighted by atomic mass is 10.1. The predicted molar refractivity (Wildman–Crippen MR) is 79.6 cm³/mol. The van der Waals surface area contributed by atoms with Crippen LogP contribution in [0.15, 0.2) is 24.3 Å². The Morgan fingerprint density at radius 3 is 2.53 bits per heavy atom. The first-order chi connectivity index (χ1) is 9.19. The third-order valence-corrected chi connectivity index (χ3v) is 3.67. The van der Waals surface area contributed by atoms with Crippen LogP contribution in [-0.4, -0.2) is 30.1 Å².